The topological polar surface area (TPSA) is 51.0 Å². The first-order valence-electron chi connectivity index (χ1n) is 8.78. The Hall–Kier alpha value is -1.89. The Labute approximate surface area is 181 Å². The summed E-state index contributed by atoms with van der Waals surface area (Å²) in [4.78, 5) is 24.0. The van der Waals surface area contributed by atoms with Gasteiger partial charge in [0.15, 0.2) is 10.4 Å². The SMILES string of the molecule is Cc1cc(Cl)ccc1C1c2c(nc(Br)n2C(C)C)C(=O)N1c1cc(Cl)ccn1. The number of carbonyl (C=O) groups is 1. The highest BCUT2D eigenvalue weighted by Gasteiger charge is 2.45. The van der Waals surface area contributed by atoms with E-state index in [1.807, 2.05) is 29.7 Å². The fourth-order valence-corrected chi connectivity index (χ4v) is 4.83. The normalized spacial score (nSPS) is 16.2. The molecule has 2 aromatic heterocycles. The van der Waals surface area contributed by atoms with Crippen molar-refractivity contribution in [1.82, 2.24) is 14.5 Å². The standard InChI is InChI=1S/C20H17BrCl2N4O/c1-10(2)26-18-16(25-20(26)21)19(28)27(15-9-13(23)6-7-24-15)17(18)14-5-4-12(22)8-11(14)3/h4-10,17H,1-3H3. The number of fused-ring (bicyclic) bond motifs is 1. The Bertz CT molecular complexity index is 1100. The predicted octanol–water partition coefficient (Wildman–Crippen LogP) is 5.99. The fourth-order valence-electron chi connectivity index (χ4n) is 3.67. The van der Waals surface area contributed by atoms with Crippen LogP contribution in [0.1, 0.15) is 53.2 Å². The van der Waals surface area contributed by atoms with E-state index in [0.29, 0.717) is 26.3 Å². The highest BCUT2D eigenvalue weighted by atomic mass is 79.9. The van der Waals surface area contributed by atoms with Crippen LogP contribution in [0.2, 0.25) is 10.0 Å². The van der Waals surface area contributed by atoms with Crippen LogP contribution in [0.3, 0.4) is 0 Å². The fraction of sp³-hybridized carbons (Fsp3) is 0.250. The van der Waals surface area contributed by atoms with E-state index >= 15 is 0 Å². The van der Waals surface area contributed by atoms with Gasteiger partial charge in [-0.15, -0.1) is 0 Å². The van der Waals surface area contributed by atoms with Gasteiger partial charge in [-0.3, -0.25) is 9.69 Å². The number of anilines is 1. The molecule has 1 unspecified atom stereocenters. The van der Waals surface area contributed by atoms with Gasteiger partial charge >= 0.3 is 0 Å². The summed E-state index contributed by atoms with van der Waals surface area (Å²) >= 11 is 15.9. The zero-order valence-electron chi connectivity index (χ0n) is 15.4. The van der Waals surface area contributed by atoms with Crippen LogP contribution < -0.4 is 4.90 Å². The van der Waals surface area contributed by atoms with Crippen LogP contribution in [0.15, 0.2) is 41.3 Å². The molecular weight excluding hydrogens is 463 g/mol. The molecule has 1 aliphatic heterocycles. The number of halogens is 3. The van der Waals surface area contributed by atoms with Crippen LogP contribution >= 0.6 is 39.1 Å². The summed E-state index contributed by atoms with van der Waals surface area (Å²) in [5.74, 6) is 0.283. The summed E-state index contributed by atoms with van der Waals surface area (Å²) in [5, 5.41) is 1.17. The minimum Gasteiger partial charge on any atom is -0.317 e. The van der Waals surface area contributed by atoms with Crippen LogP contribution in [-0.4, -0.2) is 20.4 Å². The number of amides is 1. The third kappa shape index (κ3) is 3.04. The van der Waals surface area contributed by atoms with Crippen LogP contribution in [0.4, 0.5) is 5.82 Å². The molecule has 3 aromatic rings. The zero-order chi connectivity index (χ0) is 20.2. The molecule has 4 rings (SSSR count). The first kappa shape index (κ1) is 19.4. The Kier molecular flexibility index (Phi) is 4.98. The van der Waals surface area contributed by atoms with E-state index in [2.05, 4.69) is 39.7 Å². The van der Waals surface area contributed by atoms with Gasteiger partial charge in [0.2, 0.25) is 0 Å². The summed E-state index contributed by atoms with van der Waals surface area (Å²) in [6, 6.07) is 8.79. The predicted molar refractivity (Wildman–Crippen MR) is 114 cm³/mol. The quantitative estimate of drug-likeness (QED) is 0.463. The average Bonchev–Trinajstić information content (AvgIpc) is 3.09. The van der Waals surface area contributed by atoms with Crippen molar-refractivity contribution in [1.29, 1.82) is 0 Å². The van der Waals surface area contributed by atoms with E-state index in [4.69, 9.17) is 23.2 Å². The molecule has 0 radical (unpaired) electrons. The average molecular weight is 480 g/mol. The Morgan fingerprint density at radius 3 is 2.50 bits per heavy atom. The number of hydrogen-bond acceptors (Lipinski definition) is 3. The second-order valence-corrected chi connectivity index (χ2v) is 8.57. The van der Waals surface area contributed by atoms with Gasteiger partial charge in [0, 0.05) is 22.3 Å². The number of carbonyl (C=O) groups excluding carboxylic acids is 1. The monoisotopic (exact) mass is 478 g/mol. The minimum atomic E-state index is -0.382. The molecule has 1 aromatic carbocycles. The summed E-state index contributed by atoms with van der Waals surface area (Å²) in [6.45, 7) is 6.10. The molecule has 0 bridgehead atoms. The number of imidazole rings is 1. The lowest BCUT2D eigenvalue weighted by molar-refractivity contribution is 0.0988. The van der Waals surface area contributed by atoms with E-state index in [1.54, 1.807) is 23.2 Å². The summed E-state index contributed by atoms with van der Waals surface area (Å²) in [7, 11) is 0. The Morgan fingerprint density at radius 2 is 1.86 bits per heavy atom. The summed E-state index contributed by atoms with van der Waals surface area (Å²) in [5.41, 5.74) is 3.20. The molecule has 1 aliphatic rings. The van der Waals surface area contributed by atoms with Gasteiger partial charge in [-0.1, -0.05) is 29.3 Å². The third-order valence-electron chi connectivity index (χ3n) is 4.84. The van der Waals surface area contributed by atoms with Gasteiger partial charge in [0.1, 0.15) is 11.9 Å². The van der Waals surface area contributed by atoms with Gasteiger partial charge < -0.3 is 4.57 Å². The summed E-state index contributed by atoms with van der Waals surface area (Å²) in [6.07, 6.45) is 1.60. The first-order chi connectivity index (χ1) is 13.3. The lowest BCUT2D eigenvalue weighted by Crippen LogP contribution is -2.31. The van der Waals surface area contributed by atoms with Crippen molar-refractivity contribution in [2.75, 3.05) is 4.90 Å². The molecule has 5 nitrogen and oxygen atoms in total. The smallest absolute Gasteiger partial charge is 0.280 e. The van der Waals surface area contributed by atoms with E-state index < -0.39 is 0 Å². The van der Waals surface area contributed by atoms with Crippen molar-refractivity contribution < 1.29 is 4.79 Å². The van der Waals surface area contributed by atoms with Gasteiger partial charge in [-0.25, -0.2) is 9.97 Å². The highest BCUT2D eigenvalue weighted by Crippen LogP contribution is 2.44. The van der Waals surface area contributed by atoms with Gasteiger partial charge in [-0.05, 0) is 72.1 Å². The molecule has 0 saturated carbocycles. The number of pyridine rings is 1. The molecular formula is C20H17BrCl2N4O. The van der Waals surface area contributed by atoms with Crippen molar-refractivity contribution in [3.8, 4) is 0 Å². The van der Waals surface area contributed by atoms with Gasteiger partial charge in [-0.2, -0.15) is 0 Å². The number of nitrogens with zero attached hydrogens (tertiary/aromatic N) is 4. The minimum absolute atomic E-state index is 0.112. The highest BCUT2D eigenvalue weighted by molar-refractivity contribution is 9.10. The molecule has 8 heteroatoms. The molecule has 0 spiro atoms. The van der Waals surface area contributed by atoms with Gasteiger partial charge in [0.05, 0.1) is 5.69 Å². The van der Waals surface area contributed by atoms with Crippen LogP contribution in [0, 0.1) is 6.92 Å². The van der Waals surface area contributed by atoms with Crippen molar-refractivity contribution >= 4 is 50.9 Å². The second-order valence-electron chi connectivity index (χ2n) is 6.99. The molecule has 1 atom stereocenters. The van der Waals surface area contributed by atoms with Crippen LogP contribution in [0.5, 0.6) is 0 Å². The van der Waals surface area contributed by atoms with E-state index in [0.717, 1.165) is 16.8 Å². The number of benzene rings is 1. The lowest BCUT2D eigenvalue weighted by Gasteiger charge is -2.28. The zero-order valence-corrected chi connectivity index (χ0v) is 18.5. The maximum atomic E-state index is 13.4. The molecule has 0 saturated heterocycles. The maximum absolute atomic E-state index is 13.4. The van der Waals surface area contributed by atoms with Crippen LogP contribution in [0.25, 0.3) is 0 Å². The second kappa shape index (κ2) is 7.17. The molecule has 0 fully saturated rings. The van der Waals surface area contributed by atoms with E-state index in [9.17, 15) is 4.79 Å². The lowest BCUT2D eigenvalue weighted by atomic mass is 9.98. The molecule has 1 amide bonds. The van der Waals surface area contributed by atoms with Crippen molar-refractivity contribution in [3.05, 3.63) is 73.8 Å². The van der Waals surface area contributed by atoms with Crippen molar-refractivity contribution in [2.45, 2.75) is 32.9 Å². The van der Waals surface area contributed by atoms with E-state index in [-0.39, 0.29) is 18.0 Å². The van der Waals surface area contributed by atoms with E-state index in [1.165, 1.54) is 0 Å². The number of rotatable bonds is 3. The number of aryl methyl sites for hydroxylation is 1. The summed E-state index contributed by atoms with van der Waals surface area (Å²) < 4.78 is 2.67. The number of aromatic nitrogens is 3. The molecule has 144 valence electrons. The van der Waals surface area contributed by atoms with Crippen molar-refractivity contribution in [2.24, 2.45) is 0 Å². The molecule has 28 heavy (non-hydrogen) atoms. The first-order valence-corrected chi connectivity index (χ1v) is 10.3. The van der Waals surface area contributed by atoms with Crippen molar-refractivity contribution in [3.63, 3.8) is 0 Å². The largest absolute Gasteiger partial charge is 0.317 e. The molecule has 3 heterocycles. The number of hydrogen-bond donors (Lipinski definition) is 0. The maximum Gasteiger partial charge on any atom is 0.280 e. The third-order valence-corrected chi connectivity index (χ3v) is 5.87. The Balaban J connectivity index is 2.00. The van der Waals surface area contributed by atoms with Gasteiger partial charge in [0.25, 0.3) is 5.91 Å². The molecule has 0 N–H and O–H groups in total. The molecule has 0 aliphatic carbocycles. The Morgan fingerprint density at radius 1 is 1.14 bits per heavy atom. The van der Waals surface area contributed by atoms with Crippen LogP contribution in [-0.2, 0) is 0 Å².